The number of nitrogens with one attached hydrogen (secondary N) is 2. The lowest BCUT2D eigenvalue weighted by molar-refractivity contribution is -0.120. The number of hydrogen-bond donors (Lipinski definition) is 2. The van der Waals surface area contributed by atoms with Crippen LogP contribution in [0.5, 0.6) is 5.75 Å². The van der Waals surface area contributed by atoms with Gasteiger partial charge in [0.2, 0.25) is 5.91 Å². The maximum absolute atomic E-state index is 12.1. The van der Waals surface area contributed by atoms with E-state index < -0.39 is 0 Å². The lowest BCUT2D eigenvalue weighted by atomic mass is 10.2. The van der Waals surface area contributed by atoms with Gasteiger partial charge in [-0.15, -0.1) is 0 Å². The van der Waals surface area contributed by atoms with Crippen molar-refractivity contribution in [1.82, 2.24) is 15.6 Å². The van der Waals surface area contributed by atoms with Crippen molar-refractivity contribution in [2.45, 2.75) is 26.3 Å². The molecule has 1 aromatic heterocycles. The van der Waals surface area contributed by atoms with E-state index in [2.05, 4.69) is 20.5 Å². The van der Waals surface area contributed by atoms with Gasteiger partial charge < -0.3 is 20.3 Å². The van der Waals surface area contributed by atoms with Crippen LogP contribution in [0.2, 0.25) is 0 Å². The van der Waals surface area contributed by atoms with Gasteiger partial charge in [-0.05, 0) is 61.7 Å². The summed E-state index contributed by atoms with van der Waals surface area (Å²) >= 11 is 0. The standard InChI is InChI=1S/C21H26N4O3/c1-2-28-18-7-5-17(6-8-18)21(27)24-15-20(26)23-14-16-9-10-22-19(13-16)25-11-3-4-12-25/h5-10,13H,2-4,11-12,14-15H2,1H3,(H,23,26)(H,24,27). The summed E-state index contributed by atoms with van der Waals surface area (Å²) in [7, 11) is 0. The number of benzene rings is 1. The predicted molar refractivity (Wildman–Crippen MR) is 107 cm³/mol. The van der Waals surface area contributed by atoms with E-state index in [9.17, 15) is 9.59 Å². The van der Waals surface area contributed by atoms with E-state index in [-0.39, 0.29) is 18.4 Å². The fraction of sp³-hybridized carbons (Fsp3) is 0.381. The van der Waals surface area contributed by atoms with Gasteiger partial charge in [0.15, 0.2) is 0 Å². The molecule has 1 aliphatic heterocycles. The van der Waals surface area contributed by atoms with E-state index >= 15 is 0 Å². The van der Waals surface area contributed by atoms with E-state index in [1.807, 2.05) is 19.1 Å². The number of pyridine rings is 1. The third-order valence-electron chi connectivity index (χ3n) is 4.57. The number of carbonyl (C=O) groups is 2. The molecule has 1 aromatic carbocycles. The van der Waals surface area contributed by atoms with Crippen LogP contribution in [0.15, 0.2) is 42.6 Å². The number of carbonyl (C=O) groups excluding carboxylic acids is 2. The molecule has 0 atom stereocenters. The topological polar surface area (TPSA) is 83.6 Å². The van der Waals surface area contributed by atoms with Crippen LogP contribution in [0.25, 0.3) is 0 Å². The van der Waals surface area contributed by atoms with Gasteiger partial charge in [0.1, 0.15) is 11.6 Å². The van der Waals surface area contributed by atoms with E-state index in [0.717, 1.165) is 24.5 Å². The van der Waals surface area contributed by atoms with Crippen molar-refractivity contribution in [3.8, 4) is 5.75 Å². The Bertz CT molecular complexity index is 802. The quantitative estimate of drug-likeness (QED) is 0.731. The summed E-state index contributed by atoms with van der Waals surface area (Å²) in [6.07, 6.45) is 4.15. The summed E-state index contributed by atoms with van der Waals surface area (Å²) in [6, 6.07) is 10.7. The summed E-state index contributed by atoms with van der Waals surface area (Å²) in [5.41, 5.74) is 1.48. The number of ether oxygens (including phenoxy) is 1. The van der Waals surface area contributed by atoms with Gasteiger partial charge in [0, 0.05) is 31.4 Å². The molecule has 0 bridgehead atoms. The SMILES string of the molecule is CCOc1ccc(C(=O)NCC(=O)NCc2ccnc(N3CCCC3)c2)cc1. The first-order valence-electron chi connectivity index (χ1n) is 9.63. The van der Waals surface area contributed by atoms with Crippen molar-refractivity contribution in [3.63, 3.8) is 0 Å². The summed E-state index contributed by atoms with van der Waals surface area (Å²) in [5.74, 6) is 1.13. The minimum atomic E-state index is -0.293. The molecule has 2 N–H and O–H groups in total. The molecule has 0 radical (unpaired) electrons. The molecule has 1 aliphatic rings. The highest BCUT2D eigenvalue weighted by molar-refractivity contribution is 5.96. The Kier molecular flexibility index (Phi) is 6.84. The molecule has 1 fully saturated rings. The van der Waals surface area contributed by atoms with Crippen LogP contribution in [-0.4, -0.2) is 43.0 Å². The third kappa shape index (κ3) is 5.45. The van der Waals surface area contributed by atoms with Gasteiger partial charge in [0.05, 0.1) is 13.2 Å². The average molecular weight is 382 g/mol. The smallest absolute Gasteiger partial charge is 0.251 e. The van der Waals surface area contributed by atoms with Crippen LogP contribution in [-0.2, 0) is 11.3 Å². The number of hydrogen-bond acceptors (Lipinski definition) is 5. The maximum atomic E-state index is 12.1. The second kappa shape index (κ2) is 9.73. The van der Waals surface area contributed by atoms with E-state index in [1.165, 1.54) is 12.8 Å². The molecule has 0 unspecified atom stereocenters. The molecule has 2 heterocycles. The summed E-state index contributed by atoms with van der Waals surface area (Å²) in [6.45, 7) is 4.86. The number of anilines is 1. The number of rotatable bonds is 8. The van der Waals surface area contributed by atoms with E-state index in [1.54, 1.807) is 30.5 Å². The normalized spacial score (nSPS) is 13.2. The van der Waals surface area contributed by atoms with Crippen molar-refractivity contribution < 1.29 is 14.3 Å². The molecule has 28 heavy (non-hydrogen) atoms. The van der Waals surface area contributed by atoms with Gasteiger partial charge in [-0.25, -0.2) is 4.98 Å². The zero-order chi connectivity index (χ0) is 19.8. The fourth-order valence-electron chi connectivity index (χ4n) is 3.08. The van der Waals surface area contributed by atoms with Crippen LogP contribution < -0.4 is 20.3 Å². The first kappa shape index (κ1) is 19.7. The predicted octanol–water partition coefficient (Wildman–Crippen LogP) is 2.13. The van der Waals surface area contributed by atoms with Gasteiger partial charge >= 0.3 is 0 Å². The van der Waals surface area contributed by atoms with Crippen LogP contribution >= 0.6 is 0 Å². The van der Waals surface area contributed by atoms with Crippen LogP contribution in [0, 0.1) is 0 Å². The van der Waals surface area contributed by atoms with Gasteiger partial charge in [-0.1, -0.05) is 0 Å². The Morgan fingerprint density at radius 3 is 2.57 bits per heavy atom. The van der Waals surface area contributed by atoms with Crippen molar-refractivity contribution in [3.05, 3.63) is 53.7 Å². The lowest BCUT2D eigenvalue weighted by Gasteiger charge is -2.17. The summed E-state index contributed by atoms with van der Waals surface area (Å²) in [4.78, 5) is 30.9. The minimum Gasteiger partial charge on any atom is -0.494 e. The second-order valence-corrected chi connectivity index (χ2v) is 6.63. The first-order valence-corrected chi connectivity index (χ1v) is 9.63. The van der Waals surface area contributed by atoms with Crippen molar-refractivity contribution in [2.24, 2.45) is 0 Å². The summed E-state index contributed by atoms with van der Waals surface area (Å²) in [5, 5.41) is 5.46. The molecular formula is C21H26N4O3. The van der Waals surface area contributed by atoms with E-state index in [0.29, 0.717) is 24.5 Å². The maximum Gasteiger partial charge on any atom is 0.251 e. The zero-order valence-electron chi connectivity index (χ0n) is 16.1. The molecule has 1 saturated heterocycles. The molecule has 0 spiro atoms. The van der Waals surface area contributed by atoms with Gasteiger partial charge in [-0.3, -0.25) is 9.59 Å². The lowest BCUT2D eigenvalue weighted by Crippen LogP contribution is -2.36. The minimum absolute atomic E-state index is 0.0733. The zero-order valence-corrected chi connectivity index (χ0v) is 16.1. The van der Waals surface area contributed by atoms with Crippen LogP contribution in [0.3, 0.4) is 0 Å². The van der Waals surface area contributed by atoms with Crippen molar-refractivity contribution >= 4 is 17.6 Å². The number of nitrogens with zero attached hydrogens (tertiary/aromatic N) is 2. The second-order valence-electron chi connectivity index (χ2n) is 6.63. The molecule has 148 valence electrons. The molecule has 0 aliphatic carbocycles. The van der Waals surface area contributed by atoms with E-state index in [4.69, 9.17) is 4.74 Å². The molecule has 7 heteroatoms. The third-order valence-corrected chi connectivity index (χ3v) is 4.57. The average Bonchev–Trinajstić information content (AvgIpc) is 3.26. The Balaban J connectivity index is 1.44. The highest BCUT2D eigenvalue weighted by Gasteiger charge is 2.14. The van der Waals surface area contributed by atoms with Gasteiger partial charge in [-0.2, -0.15) is 0 Å². The van der Waals surface area contributed by atoms with Crippen LogP contribution in [0.4, 0.5) is 5.82 Å². The molecule has 2 amide bonds. The molecular weight excluding hydrogens is 356 g/mol. The Hall–Kier alpha value is -3.09. The number of aromatic nitrogens is 1. The molecule has 2 aromatic rings. The Morgan fingerprint density at radius 1 is 1.11 bits per heavy atom. The molecule has 7 nitrogen and oxygen atoms in total. The number of amides is 2. The van der Waals surface area contributed by atoms with Gasteiger partial charge in [0.25, 0.3) is 5.91 Å². The Morgan fingerprint density at radius 2 is 1.86 bits per heavy atom. The largest absolute Gasteiger partial charge is 0.494 e. The van der Waals surface area contributed by atoms with Crippen LogP contribution in [0.1, 0.15) is 35.7 Å². The first-order chi connectivity index (χ1) is 13.7. The highest BCUT2D eigenvalue weighted by Crippen LogP contribution is 2.18. The molecule has 0 saturated carbocycles. The summed E-state index contributed by atoms with van der Waals surface area (Å²) < 4.78 is 5.35. The monoisotopic (exact) mass is 382 g/mol. The Labute approximate surface area is 165 Å². The van der Waals surface area contributed by atoms with Crippen molar-refractivity contribution in [2.75, 3.05) is 31.1 Å². The highest BCUT2D eigenvalue weighted by atomic mass is 16.5. The van der Waals surface area contributed by atoms with Crippen molar-refractivity contribution in [1.29, 1.82) is 0 Å². The molecule has 3 rings (SSSR count). The fourth-order valence-corrected chi connectivity index (χ4v) is 3.08.